The first-order chi connectivity index (χ1) is 53.1. The third kappa shape index (κ3) is 34.0. The van der Waals surface area contributed by atoms with E-state index in [1.54, 1.807) is 34.6 Å². The SMILES string of the molecule is CC[C@H](C)[C@H](NC(=O)[C@H](CC(=O)O)NC(=O)[C@H](CC(C)C)NC(=O)[C@H](Cc1c[nH]cn1)NC(=O)[C@H](C)NC(=O)[C@H](Cc1ccc(O)cc1)NC(=O)[C@H](Cc1ccc(O)cc1)NC(=O)[C@@H](NC(=O)[C@H](C)NC(=O)[C@H](CCC(=O)O)NC(=O)[C@H](CCC(=O)O)NC(=O)[C@H](C)NC(=O)CCC(=O)O)C(C)C)C(=O)N[C@H](C=O)[C@@H](C)CC. The zero-order chi connectivity index (χ0) is 85.1. The van der Waals surface area contributed by atoms with Crippen LogP contribution in [0.15, 0.2) is 61.1 Å². The molecule has 1 aromatic heterocycles. The maximum absolute atomic E-state index is 14.9. The Balaban J connectivity index is 1.95. The number of hydrogen-bond acceptors (Lipinski definition) is 21. The van der Waals surface area contributed by atoms with Gasteiger partial charge < -0.3 is 110 Å². The summed E-state index contributed by atoms with van der Waals surface area (Å²) in [6.07, 6.45) is -1.83. The number of amides is 13. The van der Waals surface area contributed by atoms with E-state index in [1.807, 2.05) is 6.92 Å². The number of phenolic OH excluding ortho intramolecular Hbond substituents is 2. The zero-order valence-electron chi connectivity index (χ0n) is 64.8. The van der Waals surface area contributed by atoms with Crippen molar-refractivity contribution >= 4 is 107 Å². The van der Waals surface area contributed by atoms with Crippen molar-refractivity contribution in [2.24, 2.45) is 23.7 Å². The van der Waals surface area contributed by atoms with Gasteiger partial charge in [-0.15, -0.1) is 0 Å². The number of H-pyrrole nitrogens is 1. The number of imidazole rings is 1. The standard InChI is InChI=1S/C74H107N15O24/c1-12-38(7)55(34-90)87-74(113)62(39(8)13-2)89-72(111)54(32-60(100)101)85-69(108)50(28-36(3)4)83-71(110)53(31-45-33-75-35-76-45)82-64(103)41(10)79-68(107)51(29-43-14-18-46(91)19-15-43)84-70(109)52(30-44-16-20-47(92)21-17-44)86-73(112)61(37(5)6)88-65(104)42(11)78-66(105)48(22-25-57(94)95)81-67(106)49(23-26-58(96)97)80-63(102)40(9)77-56(93)24-27-59(98)99/h14-21,33-42,48-55,61-62,91-92H,12-13,22-32H2,1-11H3,(H,75,76)(H,77,93)(H,78,105)(H,79,107)(H,80,102)(H,81,106)(H,82,103)(H,83,110)(H,84,109)(H,85,108)(H,86,112)(H,87,113)(H,88,104)(H,89,111)(H,94,95)(H,96,97)(H,98,99)(H,100,101)/t38-,39-,40-,41-,42-,48-,49-,50-,51-,52-,53-,54-,55+,61-,62-/m0/s1. The first-order valence-electron chi connectivity index (χ1n) is 36.9. The van der Waals surface area contributed by atoms with Gasteiger partial charge in [-0.1, -0.05) is 92.5 Å². The average Bonchev–Trinajstić information content (AvgIpc) is 1.26. The van der Waals surface area contributed by atoms with Gasteiger partial charge in [-0.2, -0.15) is 0 Å². The molecule has 15 atom stereocenters. The highest BCUT2D eigenvalue weighted by atomic mass is 16.4. The zero-order valence-corrected chi connectivity index (χ0v) is 64.8. The second-order valence-corrected chi connectivity index (χ2v) is 28.3. The Kier molecular flexibility index (Phi) is 39.7. The van der Waals surface area contributed by atoms with Crippen molar-refractivity contribution in [3.05, 3.63) is 77.9 Å². The molecule has 0 saturated carbocycles. The maximum atomic E-state index is 14.9. The van der Waals surface area contributed by atoms with Gasteiger partial charge in [0.15, 0.2) is 0 Å². The first kappa shape index (κ1) is 95.1. The van der Waals surface area contributed by atoms with Gasteiger partial charge in [0, 0.05) is 44.7 Å². The van der Waals surface area contributed by atoms with Crippen molar-refractivity contribution in [3.8, 4) is 11.5 Å². The number of rotatable bonds is 50. The Bertz CT molecular complexity index is 3800. The molecule has 2 aromatic carbocycles. The fraction of sp³-hybridized carbons (Fsp3) is 0.554. The summed E-state index contributed by atoms with van der Waals surface area (Å²) in [5.41, 5.74) is 0.888. The van der Waals surface area contributed by atoms with Crippen molar-refractivity contribution in [1.29, 1.82) is 0 Å². The highest BCUT2D eigenvalue weighted by Gasteiger charge is 2.39. The van der Waals surface area contributed by atoms with E-state index < -0.39 is 236 Å². The third-order valence-corrected chi connectivity index (χ3v) is 18.1. The molecule has 3 rings (SSSR count). The number of aliphatic carboxylic acids is 4. The van der Waals surface area contributed by atoms with Gasteiger partial charge in [0.25, 0.3) is 0 Å². The van der Waals surface area contributed by atoms with E-state index in [0.29, 0.717) is 30.3 Å². The number of nitrogens with one attached hydrogen (secondary N) is 14. The highest BCUT2D eigenvalue weighted by molar-refractivity contribution is 6.01. The van der Waals surface area contributed by atoms with Gasteiger partial charge in [-0.3, -0.25) is 81.5 Å². The minimum absolute atomic E-state index is 0.116. The lowest BCUT2D eigenvalue weighted by Crippen LogP contribution is -2.61. The van der Waals surface area contributed by atoms with Crippen LogP contribution in [-0.4, -0.2) is 226 Å². The maximum Gasteiger partial charge on any atom is 0.305 e. The van der Waals surface area contributed by atoms with Crippen LogP contribution in [0.4, 0.5) is 0 Å². The normalized spacial score (nSPS) is 15.1. The molecule has 39 heteroatoms. The van der Waals surface area contributed by atoms with E-state index in [-0.39, 0.29) is 54.7 Å². The van der Waals surface area contributed by atoms with Gasteiger partial charge >= 0.3 is 23.9 Å². The molecule has 113 heavy (non-hydrogen) atoms. The molecule has 0 bridgehead atoms. The molecule has 20 N–H and O–H groups in total. The molecule has 3 aromatic rings. The summed E-state index contributed by atoms with van der Waals surface area (Å²) in [7, 11) is 0. The molecule has 0 aliphatic carbocycles. The molecular formula is C74H107N15O24. The predicted octanol–water partition coefficient (Wildman–Crippen LogP) is -1.73. The van der Waals surface area contributed by atoms with E-state index in [1.165, 1.54) is 88.8 Å². The predicted molar refractivity (Wildman–Crippen MR) is 400 cm³/mol. The van der Waals surface area contributed by atoms with Crippen LogP contribution in [0.5, 0.6) is 11.5 Å². The number of carboxylic acid groups (broad SMARTS) is 4. The molecule has 0 fully saturated rings. The molecule has 1 heterocycles. The fourth-order valence-corrected chi connectivity index (χ4v) is 11.0. The fourth-order valence-electron chi connectivity index (χ4n) is 11.0. The number of carbonyl (C=O) groups is 18. The quantitative estimate of drug-likeness (QED) is 0.0279. The van der Waals surface area contributed by atoms with Crippen LogP contribution in [0.2, 0.25) is 0 Å². The molecule has 0 aliphatic rings. The number of carboxylic acids is 4. The van der Waals surface area contributed by atoms with Gasteiger partial charge in [-0.25, -0.2) is 4.98 Å². The van der Waals surface area contributed by atoms with Crippen LogP contribution in [0.1, 0.15) is 157 Å². The molecular weight excluding hydrogens is 1480 g/mol. The molecule has 0 saturated heterocycles. The van der Waals surface area contributed by atoms with Crippen LogP contribution < -0.4 is 69.1 Å². The van der Waals surface area contributed by atoms with E-state index in [0.717, 1.165) is 6.92 Å². The monoisotopic (exact) mass is 1590 g/mol. The summed E-state index contributed by atoms with van der Waals surface area (Å²) in [4.78, 5) is 247. The summed E-state index contributed by atoms with van der Waals surface area (Å²) in [6.45, 7) is 16.9. The minimum Gasteiger partial charge on any atom is -0.508 e. The number of nitrogens with zero attached hydrogens (tertiary/aromatic N) is 1. The summed E-state index contributed by atoms with van der Waals surface area (Å²) in [5.74, 6) is -21.3. The Morgan fingerprint density at radius 1 is 0.389 bits per heavy atom. The lowest BCUT2D eigenvalue weighted by molar-refractivity contribution is -0.142. The van der Waals surface area contributed by atoms with Crippen LogP contribution in [0.25, 0.3) is 0 Å². The third-order valence-electron chi connectivity index (χ3n) is 18.1. The second-order valence-electron chi connectivity index (χ2n) is 28.3. The van der Waals surface area contributed by atoms with Crippen molar-refractivity contribution in [1.82, 2.24) is 79.1 Å². The highest BCUT2D eigenvalue weighted by Crippen LogP contribution is 2.18. The molecule has 0 aliphatic heterocycles. The minimum atomic E-state index is -1.82. The van der Waals surface area contributed by atoms with Gasteiger partial charge in [0.2, 0.25) is 76.8 Å². The average molecular weight is 1590 g/mol. The van der Waals surface area contributed by atoms with E-state index >= 15 is 0 Å². The molecule has 13 amide bonds. The van der Waals surface area contributed by atoms with Crippen LogP contribution in [0, 0.1) is 23.7 Å². The van der Waals surface area contributed by atoms with Gasteiger partial charge in [0.1, 0.15) is 90.3 Å². The molecule has 0 radical (unpaired) electrons. The van der Waals surface area contributed by atoms with E-state index in [2.05, 4.69) is 79.1 Å². The number of phenols is 2. The van der Waals surface area contributed by atoms with Crippen LogP contribution in [-0.2, 0) is 106 Å². The molecule has 39 nitrogen and oxygen atoms in total. The number of carbonyl (C=O) groups excluding carboxylic acids is 14. The number of aromatic nitrogens is 2. The summed E-state index contributed by atoms with van der Waals surface area (Å²) >= 11 is 0. The number of benzene rings is 2. The molecule has 0 spiro atoms. The smallest absolute Gasteiger partial charge is 0.305 e. The van der Waals surface area contributed by atoms with Crippen LogP contribution >= 0.6 is 0 Å². The van der Waals surface area contributed by atoms with Gasteiger partial charge in [-0.05, 0) is 99.1 Å². The number of aromatic hydroxyl groups is 2. The van der Waals surface area contributed by atoms with E-state index in [4.69, 9.17) is 5.11 Å². The molecule has 622 valence electrons. The summed E-state index contributed by atoms with van der Waals surface area (Å²) in [5, 5.41) is 90.1. The Morgan fingerprint density at radius 3 is 1.20 bits per heavy atom. The Hall–Kier alpha value is -12.1. The number of aldehydes is 1. The largest absolute Gasteiger partial charge is 0.508 e. The van der Waals surface area contributed by atoms with Crippen molar-refractivity contribution in [3.63, 3.8) is 0 Å². The van der Waals surface area contributed by atoms with E-state index in [9.17, 15) is 112 Å². The number of hydrogen-bond donors (Lipinski definition) is 20. The Morgan fingerprint density at radius 2 is 0.761 bits per heavy atom. The Labute approximate surface area is 651 Å². The number of aromatic amines is 1. The van der Waals surface area contributed by atoms with Crippen LogP contribution in [0.3, 0.4) is 0 Å². The second kappa shape index (κ2) is 47.2. The van der Waals surface area contributed by atoms with Crippen molar-refractivity contribution in [2.75, 3.05) is 0 Å². The topological polar surface area (TPSA) is 614 Å². The van der Waals surface area contributed by atoms with Crippen molar-refractivity contribution in [2.45, 2.75) is 238 Å². The lowest BCUT2D eigenvalue weighted by atomic mass is 9.95. The summed E-state index contributed by atoms with van der Waals surface area (Å²) < 4.78 is 0. The van der Waals surface area contributed by atoms with Crippen molar-refractivity contribution < 1.29 is 117 Å². The lowest BCUT2D eigenvalue weighted by Gasteiger charge is -2.29. The molecule has 0 unspecified atom stereocenters. The van der Waals surface area contributed by atoms with Gasteiger partial charge in [0.05, 0.1) is 30.9 Å². The summed E-state index contributed by atoms with van der Waals surface area (Å²) in [6, 6.07) is -9.20. The first-order valence-corrected chi connectivity index (χ1v) is 36.9.